The largest absolute Gasteiger partial charge is 0.276 e. The molecule has 0 aliphatic carbocycles. The highest BCUT2D eigenvalue weighted by Gasteiger charge is 2.12. The fourth-order valence-corrected chi connectivity index (χ4v) is 1.32. The molecule has 0 amide bonds. The maximum absolute atomic E-state index is 10.9. The standard InChI is InChI=1S/C8H5Cl2N3O/c1-4-2-3-5(8(10)14)7(6(4)9)12-13-11/h2-3H,1H3. The highest BCUT2D eigenvalue weighted by atomic mass is 35.5. The van der Waals surface area contributed by atoms with Gasteiger partial charge in [-0.3, -0.25) is 4.79 Å². The number of rotatable bonds is 2. The number of benzene rings is 1. The van der Waals surface area contributed by atoms with Crippen molar-refractivity contribution in [2.24, 2.45) is 5.11 Å². The lowest BCUT2D eigenvalue weighted by Crippen LogP contribution is -1.91. The Bertz CT molecular complexity index is 438. The molecule has 0 saturated heterocycles. The van der Waals surface area contributed by atoms with Crippen LogP contribution < -0.4 is 0 Å². The third-order valence-corrected chi connectivity index (χ3v) is 2.35. The van der Waals surface area contributed by atoms with E-state index in [1.807, 2.05) is 0 Å². The minimum atomic E-state index is -0.700. The average molecular weight is 230 g/mol. The van der Waals surface area contributed by atoms with Gasteiger partial charge in [-0.15, -0.1) is 0 Å². The van der Waals surface area contributed by atoms with Crippen molar-refractivity contribution in [3.8, 4) is 0 Å². The fourth-order valence-electron chi connectivity index (χ4n) is 0.967. The molecule has 0 heterocycles. The molecule has 6 heteroatoms. The maximum atomic E-state index is 10.9. The molecule has 0 unspecified atom stereocenters. The van der Waals surface area contributed by atoms with Crippen LogP contribution in [0.5, 0.6) is 0 Å². The lowest BCUT2D eigenvalue weighted by molar-refractivity contribution is 0.108. The van der Waals surface area contributed by atoms with Crippen molar-refractivity contribution >= 4 is 34.1 Å². The van der Waals surface area contributed by atoms with Gasteiger partial charge in [-0.25, -0.2) is 0 Å². The number of nitrogens with zero attached hydrogens (tertiary/aromatic N) is 3. The van der Waals surface area contributed by atoms with E-state index in [0.29, 0.717) is 0 Å². The summed E-state index contributed by atoms with van der Waals surface area (Å²) in [5, 5.41) is 2.88. The van der Waals surface area contributed by atoms with Crippen LogP contribution in [0.1, 0.15) is 15.9 Å². The van der Waals surface area contributed by atoms with E-state index in [0.717, 1.165) is 5.56 Å². The van der Waals surface area contributed by atoms with Gasteiger partial charge in [0.2, 0.25) is 0 Å². The topological polar surface area (TPSA) is 65.8 Å². The monoisotopic (exact) mass is 229 g/mol. The third-order valence-electron chi connectivity index (χ3n) is 1.67. The Balaban J connectivity index is 3.52. The molecule has 0 aliphatic heterocycles. The summed E-state index contributed by atoms with van der Waals surface area (Å²) in [6.45, 7) is 1.74. The van der Waals surface area contributed by atoms with Gasteiger partial charge in [-0.1, -0.05) is 22.8 Å². The molecule has 0 radical (unpaired) electrons. The van der Waals surface area contributed by atoms with Gasteiger partial charge >= 0.3 is 0 Å². The van der Waals surface area contributed by atoms with Gasteiger partial charge in [0.05, 0.1) is 10.7 Å². The predicted molar refractivity (Wildman–Crippen MR) is 55.2 cm³/mol. The van der Waals surface area contributed by atoms with Crippen LogP contribution in [-0.4, -0.2) is 5.24 Å². The Morgan fingerprint density at radius 2 is 2.21 bits per heavy atom. The molecule has 4 nitrogen and oxygen atoms in total. The molecule has 1 aromatic carbocycles. The van der Waals surface area contributed by atoms with Crippen LogP contribution in [0, 0.1) is 6.92 Å². The van der Waals surface area contributed by atoms with E-state index < -0.39 is 5.24 Å². The average Bonchev–Trinajstić information content (AvgIpc) is 2.13. The zero-order chi connectivity index (χ0) is 10.7. The lowest BCUT2D eigenvalue weighted by atomic mass is 10.1. The van der Waals surface area contributed by atoms with E-state index in [1.54, 1.807) is 13.0 Å². The van der Waals surface area contributed by atoms with Crippen LogP contribution in [-0.2, 0) is 0 Å². The van der Waals surface area contributed by atoms with Gasteiger partial charge in [0, 0.05) is 10.5 Å². The molecule has 0 N–H and O–H groups in total. The van der Waals surface area contributed by atoms with Gasteiger partial charge in [0.1, 0.15) is 0 Å². The zero-order valence-corrected chi connectivity index (χ0v) is 8.67. The first-order valence-corrected chi connectivity index (χ1v) is 4.37. The number of aryl methyl sites for hydroxylation is 1. The van der Waals surface area contributed by atoms with Gasteiger partial charge in [0.25, 0.3) is 5.24 Å². The Kier molecular flexibility index (Phi) is 3.36. The van der Waals surface area contributed by atoms with Gasteiger partial charge in [-0.05, 0) is 35.7 Å². The van der Waals surface area contributed by atoms with Crippen molar-refractivity contribution in [2.75, 3.05) is 0 Å². The van der Waals surface area contributed by atoms with Crippen LogP contribution >= 0.6 is 23.2 Å². The molecule has 0 saturated carbocycles. The number of carbonyl (C=O) groups is 1. The summed E-state index contributed by atoms with van der Waals surface area (Å²) in [5.74, 6) is 0. The molecular weight excluding hydrogens is 225 g/mol. The third kappa shape index (κ3) is 1.99. The van der Waals surface area contributed by atoms with Crippen molar-refractivity contribution in [3.63, 3.8) is 0 Å². The van der Waals surface area contributed by atoms with Gasteiger partial charge < -0.3 is 0 Å². The summed E-state index contributed by atoms with van der Waals surface area (Å²) in [7, 11) is 0. The second-order valence-corrected chi connectivity index (χ2v) is 3.28. The smallest absolute Gasteiger partial charge is 0.252 e. The quantitative estimate of drug-likeness (QED) is 0.328. The molecule has 0 spiro atoms. The molecule has 14 heavy (non-hydrogen) atoms. The summed E-state index contributed by atoms with van der Waals surface area (Å²) in [5.41, 5.74) is 9.19. The van der Waals surface area contributed by atoms with Crippen LogP contribution in [0.25, 0.3) is 10.4 Å². The van der Waals surface area contributed by atoms with Crippen molar-refractivity contribution in [3.05, 3.63) is 38.7 Å². The fraction of sp³-hybridized carbons (Fsp3) is 0.125. The SMILES string of the molecule is Cc1ccc(C(=O)Cl)c(N=[N+]=[N-])c1Cl. The Hall–Kier alpha value is -1.22. The number of hydrogen-bond acceptors (Lipinski definition) is 2. The molecule has 0 aliphatic rings. The second-order valence-electron chi connectivity index (χ2n) is 2.56. The van der Waals surface area contributed by atoms with Gasteiger partial charge in [-0.2, -0.15) is 0 Å². The van der Waals surface area contributed by atoms with E-state index in [4.69, 9.17) is 28.7 Å². The molecule has 72 valence electrons. The molecule has 0 fully saturated rings. The number of carbonyl (C=O) groups excluding carboxylic acids is 1. The summed E-state index contributed by atoms with van der Waals surface area (Å²) in [4.78, 5) is 13.5. The van der Waals surface area contributed by atoms with Crippen LogP contribution in [0.2, 0.25) is 5.02 Å². The molecule has 0 atom stereocenters. The molecule has 0 aromatic heterocycles. The van der Waals surface area contributed by atoms with E-state index in [2.05, 4.69) is 10.0 Å². The van der Waals surface area contributed by atoms with Crippen LogP contribution in [0.4, 0.5) is 5.69 Å². The first-order chi connectivity index (χ1) is 6.57. The summed E-state index contributed by atoms with van der Waals surface area (Å²) in [6.07, 6.45) is 0. The highest BCUT2D eigenvalue weighted by Crippen LogP contribution is 2.33. The molecular formula is C8H5Cl2N3O. The maximum Gasteiger partial charge on any atom is 0.252 e. The Labute approximate surface area is 90.1 Å². The van der Waals surface area contributed by atoms with E-state index in [-0.39, 0.29) is 16.3 Å². The molecule has 1 aromatic rings. The van der Waals surface area contributed by atoms with Gasteiger partial charge in [0.15, 0.2) is 0 Å². The normalized spacial score (nSPS) is 9.36. The summed E-state index contributed by atoms with van der Waals surface area (Å²) in [6, 6.07) is 3.11. The van der Waals surface area contributed by atoms with Crippen molar-refractivity contribution in [2.45, 2.75) is 6.92 Å². The zero-order valence-electron chi connectivity index (χ0n) is 7.16. The summed E-state index contributed by atoms with van der Waals surface area (Å²) >= 11 is 11.1. The lowest BCUT2D eigenvalue weighted by Gasteiger charge is -2.04. The van der Waals surface area contributed by atoms with E-state index in [1.165, 1.54) is 6.07 Å². The number of halogens is 2. The number of hydrogen-bond donors (Lipinski definition) is 0. The predicted octanol–water partition coefficient (Wildman–Crippen LogP) is 3.97. The van der Waals surface area contributed by atoms with Crippen LogP contribution in [0.15, 0.2) is 17.2 Å². The first kappa shape index (κ1) is 10.9. The van der Waals surface area contributed by atoms with Crippen LogP contribution in [0.3, 0.4) is 0 Å². The van der Waals surface area contributed by atoms with Crippen molar-refractivity contribution in [1.29, 1.82) is 0 Å². The van der Waals surface area contributed by atoms with E-state index >= 15 is 0 Å². The number of azide groups is 1. The minimum absolute atomic E-state index is 0.0779. The van der Waals surface area contributed by atoms with Crippen molar-refractivity contribution in [1.82, 2.24) is 0 Å². The Morgan fingerprint density at radius 1 is 1.57 bits per heavy atom. The highest BCUT2D eigenvalue weighted by molar-refractivity contribution is 6.68. The summed E-state index contributed by atoms with van der Waals surface area (Å²) < 4.78 is 0. The minimum Gasteiger partial charge on any atom is -0.276 e. The second kappa shape index (κ2) is 4.33. The first-order valence-electron chi connectivity index (χ1n) is 3.62. The Morgan fingerprint density at radius 3 is 2.71 bits per heavy atom. The van der Waals surface area contributed by atoms with E-state index in [9.17, 15) is 4.79 Å². The molecule has 0 bridgehead atoms. The van der Waals surface area contributed by atoms with Crippen molar-refractivity contribution < 1.29 is 4.79 Å². The molecule has 1 rings (SSSR count).